The zero-order valence-corrected chi connectivity index (χ0v) is 22.8. The lowest BCUT2D eigenvalue weighted by molar-refractivity contribution is -0.137. The van der Waals surface area contributed by atoms with E-state index in [1.807, 2.05) is 55.5 Å². The molecule has 0 aliphatic rings. The molecule has 0 fully saturated rings. The number of carbonyl (C=O) groups is 1. The van der Waals surface area contributed by atoms with E-state index in [0.29, 0.717) is 18.5 Å². The molecule has 1 unspecified atom stereocenters. The van der Waals surface area contributed by atoms with Crippen molar-refractivity contribution in [2.45, 2.75) is 44.4 Å². The lowest BCUT2D eigenvalue weighted by atomic mass is 9.94. The number of amides is 1. The van der Waals surface area contributed by atoms with Crippen LogP contribution >= 0.6 is 0 Å². The lowest BCUT2D eigenvalue weighted by Gasteiger charge is -2.27. The number of methoxy groups -OCH3 is 1. The van der Waals surface area contributed by atoms with E-state index in [9.17, 15) is 22.4 Å². The molecule has 2 atom stereocenters. The Labute approximate surface area is 237 Å². The summed E-state index contributed by atoms with van der Waals surface area (Å²) >= 11 is 0. The first-order chi connectivity index (χ1) is 19.7. The van der Waals surface area contributed by atoms with Crippen LogP contribution in [0, 0.1) is 5.82 Å². The van der Waals surface area contributed by atoms with Crippen molar-refractivity contribution < 1.29 is 27.1 Å². The van der Waals surface area contributed by atoms with Crippen LogP contribution < -0.4 is 15.4 Å². The maximum atomic E-state index is 13.6. The standard InChI is InChI=1S/C33H32F4N2O2/c1-3-23-12-13-25(21-30(23)41-2)29(20-11-22-9-14-26(15-10-22)33(35,36)37)39-31(24-7-5-4-6-8-24)32(40)38-28-18-16-27(34)17-19-28/h4-10,12-19,21,29,31,39H,3,11,20H2,1-2H3,(H,38,40)/t29?,31-/m1/s1. The summed E-state index contributed by atoms with van der Waals surface area (Å²) in [5.41, 5.74) is 3.14. The molecule has 8 heteroatoms. The first-order valence-electron chi connectivity index (χ1n) is 13.4. The third kappa shape index (κ3) is 7.95. The highest BCUT2D eigenvalue weighted by Gasteiger charge is 2.30. The maximum absolute atomic E-state index is 13.6. The number of benzene rings is 4. The summed E-state index contributed by atoms with van der Waals surface area (Å²) in [7, 11) is 1.60. The van der Waals surface area contributed by atoms with Crippen molar-refractivity contribution in [1.82, 2.24) is 5.32 Å². The first-order valence-corrected chi connectivity index (χ1v) is 13.4. The molecule has 4 rings (SSSR count). The second-order valence-electron chi connectivity index (χ2n) is 9.72. The Bertz CT molecular complexity index is 1420. The summed E-state index contributed by atoms with van der Waals surface area (Å²) in [5, 5.41) is 6.35. The highest BCUT2D eigenvalue weighted by Crippen LogP contribution is 2.32. The smallest absolute Gasteiger partial charge is 0.416 e. The van der Waals surface area contributed by atoms with Crippen molar-refractivity contribution in [3.63, 3.8) is 0 Å². The van der Waals surface area contributed by atoms with Gasteiger partial charge < -0.3 is 10.1 Å². The molecule has 0 heterocycles. The minimum absolute atomic E-state index is 0.334. The van der Waals surface area contributed by atoms with Crippen LogP contribution in [0.1, 0.15) is 53.2 Å². The number of aryl methyl sites for hydroxylation is 2. The van der Waals surface area contributed by atoms with Crippen molar-refractivity contribution in [2.24, 2.45) is 0 Å². The van der Waals surface area contributed by atoms with Gasteiger partial charge in [0.05, 0.1) is 12.7 Å². The molecule has 0 saturated carbocycles. The summed E-state index contributed by atoms with van der Waals surface area (Å²) in [6.07, 6.45) is -2.66. The molecule has 4 aromatic rings. The number of ether oxygens (including phenoxy) is 1. The number of hydrogen-bond donors (Lipinski definition) is 2. The number of rotatable bonds is 11. The molecule has 0 radical (unpaired) electrons. The number of nitrogens with one attached hydrogen (secondary N) is 2. The van der Waals surface area contributed by atoms with Crippen LogP contribution in [0.2, 0.25) is 0 Å². The van der Waals surface area contributed by atoms with Gasteiger partial charge in [-0.15, -0.1) is 0 Å². The Morgan fingerprint density at radius 3 is 2.17 bits per heavy atom. The average molecular weight is 565 g/mol. The summed E-state index contributed by atoms with van der Waals surface area (Å²) in [6, 6.07) is 24.6. The summed E-state index contributed by atoms with van der Waals surface area (Å²) < 4.78 is 58.3. The lowest BCUT2D eigenvalue weighted by Crippen LogP contribution is -2.36. The van der Waals surface area contributed by atoms with Gasteiger partial charge in [-0.1, -0.05) is 61.5 Å². The Morgan fingerprint density at radius 2 is 1.56 bits per heavy atom. The summed E-state index contributed by atoms with van der Waals surface area (Å²) in [5.74, 6) is -0.0219. The fraction of sp³-hybridized carbons (Fsp3) is 0.242. The molecule has 0 bridgehead atoms. The van der Waals surface area contributed by atoms with Crippen molar-refractivity contribution in [1.29, 1.82) is 0 Å². The summed E-state index contributed by atoms with van der Waals surface area (Å²) in [4.78, 5) is 13.6. The number of alkyl halides is 3. The number of halogens is 4. The predicted molar refractivity (Wildman–Crippen MR) is 152 cm³/mol. The quantitative estimate of drug-likeness (QED) is 0.181. The van der Waals surface area contributed by atoms with Gasteiger partial charge in [0.2, 0.25) is 5.91 Å². The highest BCUT2D eigenvalue weighted by atomic mass is 19.4. The minimum atomic E-state index is -4.40. The molecule has 4 nitrogen and oxygen atoms in total. The van der Waals surface area contributed by atoms with Crippen molar-refractivity contribution in [3.05, 3.63) is 131 Å². The van der Waals surface area contributed by atoms with E-state index in [0.717, 1.165) is 46.6 Å². The minimum Gasteiger partial charge on any atom is -0.496 e. The van der Waals surface area contributed by atoms with E-state index in [-0.39, 0.29) is 11.9 Å². The monoisotopic (exact) mass is 564 g/mol. The summed E-state index contributed by atoms with van der Waals surface area (Å²) in [6.45, 7) is 2.03. The molecule has 0 aromatic heterocycles. The van der Waals surface area contributed by atoms with E-state index < -0.39 is 23.6 Å². The van der Waals surface area contributed by atoms with Gasteiger partial charge in [0, 0.05) is 11.7 Å². The predicted octanol–water partition coefficient (Wildman–Crippen LogP) is 8.06. The van der Waals surface area contributed by atoms with Crippen molar-refractivity contribution >= 4 is 11.6 Å². The molecule has 214 valence electrons. The van der Waals surface area contributed by atoms with Crippen molar-refractivity contribution in [2.75, 3.05) is 12.4 Å². The molecule has 0 saturated heterocycles. The van der Waals surface area contributed by atoms with Crippen LogP contribution in [0.4, 0.5) is 23.2 Å². The van der Waals surface area contributed by atoms with Crippen LogP contribution in [0.5, 0.6) is 5.75 Å². The number of hydrogen-bond acceptors (Lipinski definition) is 3. The van der Waals surface area contributed by atoms with Gasteiger partial charge in [-0.05, 0) is 84.0 Å². The fourth-order valence-corrected chi connectivity index (χ4v) is 4.71. The Morgan fingerprint density at radius 1 is 0.878 bits per heavy atom. The van der Waals surface area contributed by atoms with Gasteiger partial charge in [0.25, 0.3) is 0 Å². The van der Waals surface area contributed by atoms with Crippen LogP contribution in [0.3, 0.4) is 0 Å². The maximum Gasteiger partial charge on any atom is 0.416 e. The highest BCUT2D eigenvalue weighted by molar-refractivity contribution is 5.95. The molecule has 0 aliphatic carbocycles. The SMILES string of the molecule is CCc1ccc(C(CCc2ccc(C(F)(F)F)cc2)N[C@@H](C(=O)Nc2ccc(F)cc2)c2ccccc2)cc1OC. The van der Waals surface area contributed by atoms with E-state index in [1.54, 1.807) is 7.11 Å². The van der Waals surface area contributed by atoms with Gasteiger partial charge in [-0.2, -0.15) is 13.2 Å². The van der Waals surface area contributed by atoms with Gasteiger partial charge in [0.15, 0.2) is 0 Å². The number of anilines is 1. The third-order valence-corrected chi connectivity index (χ3v) is 6.97. The second kappa shape index (κ2) is 13.5. The van der Waals surface area contributed by atoms with Crippen LogP contribution in [-0.2, 0) is 23.8 Å². The average Bonchev–Trinajstić information content (AvgIpc) is 2.98. The van der Waals surface area contributed by atoms with Crippen molar-refractivity contribution in [3.8, 4) is 5.75 Å². The Balaban J connectivity index is 1.65. The number of carbonyl (C=O) groups excluding carboxylic acids is 1. The molecule has 2 N–H and O–H groups in total. The van der Waals surface area contributed by atoms with E-state index in [4.69, 9.17) is 4.74 Å². The Hall–Kier alpha value is -4.17. The molecule has 1 amide bonds. The van der Waals surface area contributed by atoms with Gasteiger partial charge >= 0.3 is 6.18 Å². The largest absolute Gasteiger partial charge is 0.496 e. The van der Waals surface area contributed by atoms with Gasteiger partial charge in [-0.25, -0.2) is 4.39 Å². The molecule has 0 spiro atoms. The van der Waals surface area contributed by atoms with E-state index in [2.05, 4.69) is 10.6 Å². The molecular formula is C33H32F4N2O2. The van der Waals surface area contributed by atoms with Crippen LogP contribution in [0.15, 0.2) is 97.1 Å². The van der Waals surface area contributed by atoms with Crippen LogP contribution in [0.25, 0.3) is 0 Å². The normalized spacial score (nSPS) is 12.9. The third-order valence-electron chi connectivity index (χ3n) is 6.97. The zero-order valence-electron chi connectivity index (χ0n) is 22.8. The topological polar surface area (TPSA) is 50.4 Å². The zero-order chi connectivity index (χ0) is 29.4. The molecule has 0 aliphatic heterocycles. The molecular weight excluding hydrogens is 532 g/mol. The fourth-order valence-electron chi connectivity index (χ4n) is 4.71. The van der Waals surface area contributed by atoms with E-state index >= 15 is 0 Å². The van der Waals surface area contributed by atoms with Gasteiger partial charge in [0.1, 0.15) is 17.6 Å². The molecule has 4 aromatic carbocycles. The first kappa shape index (κ1) is 29.8. The van der Waals surface area contributed by atoms with Crippen LogP contribution in [-0.4, -0.2) is 13.0 Å². The van der Waals surface area contributed by atoms with E-state index in [1.165, 1.54) is 36.4 Å². The molecule has 41 heavy (non-hydrogen) atoms. The Kier molecular flexibility index (Phi) is 9.78. The van der Waals surface area contributed by atoms with Gasteiger partial charge in [-0.3, -0.25) is 10.1 Å². The second-order valence-corrected chi connectivity index (χ2v) is 9.72.